The summed E-state index contributed by atoms with van der Waals surface area (Å²) >= 11 is 6.13. The predicted molar refractivity (Wildman–Crippen MR) is 82.5 cm³/mol. The summed E-state index contributed by atoms with van der Waals surface area (Å²) in [5, 5.41) is 6.80. The molecular weight excluding hydrogens is 299 g/mol. The van der Waals surface area contributed by atoms with Crippen molar-refractivity contribution in [3.63, 3.8) is 0 Å². The molecule has 1 aromatic rings. The summed E-state index contributed by atoms with van der Waals surface area (Å²) in [6, 6.07) is 7.09. The molecule has 2 N–H and O–H groups in total. The summed E-state index contributed by atoms with van der Waals surface area (Å²) in [7, 11) is 0. The number of halogens is 2. The second kappa shape index (κ2) is 7.84. The smallest absolute Gasteiger partial charge is 0.240 e. The third kappa shape index (κ3) is 4.09. The number of morpholine rings is 1. The fourth-order valence-electron chi connectivity index (χ4n) is 2.23. The van der Waals surface area contributed by atoms with Crippen molar-refractivity contribution in [2.45, 2.75) is 32.0 Å². The number of rotatable bonds is 3. The van der Waals surface area contributed by atoms with E-state index in [1.54, 1.807) is 0 Å². The first-order valence-corrected chi connectivity index (χ1v) is 6.87. The molecule has 1 amide bonds. The van der Waals surface area contributed by atoms with E-state index < -0.39 is 0 Å². The number of amides is 1. The molecule has 1 saturated heterocycles. The van der Waals surface area contributed by atoms with Gasteiger partial charge in [-0.15, -0.1) is 12.4 Å². The highest BCUT2D eigenvalue weighted by Gasteiger charge is 2.29. The Bertz CT molecular complexity index is 457. The minimum atomic E-state index is -0.307. The van der Waals surface area contributed by atoms with Crippen molar-refractivity contribution in [2.24, 2.45) is 0 Å². The average Bonchev–Trinajstić information content (AvgIpc) is 2.39. The van der Waals surface area contributed by atoms with Gasteiger partial charge in [-0.2, -0.15) is 0 Å². The fourth-order valence-corrected chi connectivity index (χ4v) is 2.53. The predicted octanol–water partition coefficient (Wildman–Crippen LogP) is 2.32. The number of carbonyl (C=O) groups is 1. The van der Waals surface area contributed by atoms with Crippen LogP contribution in [0.25, 0.3) is 0 Å². The van der Waals surface area contributed by atoms with Crippen LogP contribution in [0.4, 0.5) is 0 Å². The van der Waals surface area contributed by atoms with Gasteiger partial charge in [-0.25, -0.2) is 0 Å². The Morgan fingerprint density at radius 2 is 2.20 bits per heavy atom. The van der Waals surface area contributed by atoms with Gasteiger partial charge in [0, 0.05) is 11.6 Å². The maximum atomic E-state index is 12.2. The molecule has 2 rings (SSSR count). The summed E-state index contributed by atoms with van der Waals surface area (Å²) in [5.74, 6) is -0.0559. The van der Waals surface area contributed by atoms with Crippen LogP contribution < -0.4 is 10.6 Å². The zero-order chi connectivity index (χ0) is 13.8. The van der Waals surface area contributed by atoms with Crippen LogP contribution in [-0.2, 0) is 9.53 Å². The van der Waals surface area contributed by atoms with Gasteiger partial charge in [-0.05, 0) is 25.5 Å². The number of hydrogen-bond acceptors (Lipinski definition) is 3. The van der Waals surface area contributed by atoms with Gasteiger partial charge >= 0.3 is 0 Å². The minimum absolute atomic E-state index is 0. The van der Waals surface area contributed by atoms with E-state index in [1.807, 2.05) is 38.1 Å². The first kappa shape index (κ1) is 17.2. The van der Waals surface area contributed by atoms with E-state index in [2.05, 4.69) is 10.6 Å². The van der Waals surface area contributed by atoms with Crippen molar-refractivity contribution in [3.05, 3.63) is 34.9 Å². The Hall–Kier alpha value is -0.810. The van der Waals surface area contributed by atoms with Crippen molar-refractivity contribution >= 4 is 29.9 Å². The van der Waals surface area contributed by atoms with Crippen LogP contribution in [0.5, 0.6) is 0 Å². The van der Waals surface area contributed by atoms with E-state index in [1.165, 1.54) is 0 Å². The second-order valence-electron chi connectivity index (χ2n) is 4.76. The molecule has 112 valence electrons. The lowest BCUT2D eigenvalue weighted by atomic mass is 10.1. The molecule has 0 bridgehead atoms. The second-order valence-corrected chi connectivity index (χ2v) is 5.17. The number of ether oxygens (including phenoxy) is 1. The summed E-state index contributed by atoms with van der Waals surface area (Å²) < 4.78 is 5.47. The highest BCUT2D eigenvalue weighted by Crippen LogP contribution is 2.22. The Morgan fingerprint density at radius 3 is 2.85 bits per heavy atom. The van der Waals surface area contributed by atoms with Crippen LogP contribution in [0.1, 0.15) is 25.5 Å². The van der Waals surface area contributed by atoms with Gasteiger partial charge < -0.3 is 15.4 Å². The zero-order valence-electron chi connectivity index (χ0n) is 11.6. The third-order valence-electron chi connectivity index (χ3n) is 3.33. The van der Waals surface area contributed by atoms with Crippen molar-refractivity contribution in [2.75, 3.05) is 13.2 Å². The standard InChI is InChI=1S/C14H19ClN2O2.ClH/c1-9(11-5-3-4-6-12(11)15)17-14(18)13-10(2)19-8-7-16-13;/h3-6,9-10,13,16H,7-8H2,1-2H3,(H,17,18);1H/t9?,10-,13+;/m1./s1. The van der Waals surface area contributed by atoms with Gasteiger partial charge in [0.2, 0.25) is 5.91 Å². The molecule has 6 heteroatoms. The van der Waals surface area contributed by atoms with Crippen LogP contribution in [0.3, 0.4) is 0 Å². The fraction of sp³-hybridized carbons (Fsp3) is 0.500. The molecule has 4 nitrogen and oxygen atoms in total. The van der Waals surface area contributed by atoms with E-state index >= 15 is 0 Å². The van der Waals surface area contributed by atoms with Crippen LogP contribution in [0.2, 0.25) is 5.02 Å². The first-order chi connectivity index (χ1) is 9.09. The largest absolute Gasteiger partial charge is 0.375 e. The molecule has 20 heavy (non-hydrogen) atoms. The molecule has 3 atom stereocenters. The van der Waals surface area contributed by atoms with Crippen molar-refractivity contribution in [3.8, 4) is 0 Å². The van der Waals surface area contributed by atoms with Gasteiger partial charge in [0.15, 0.2) is 0 Å². The molecule has 1 aliphatic rings. The van der Waals surface area contributed by atoms with E-state index in [9.17, 15) is 4.79 Å². The lowest BCUT2D eigenvalue weighted by molar-refractivity contribution is -0.129. The van der Waals surface area contributed by atoms with E-state index in [4.69, 9.17) is 16.3 Å². The maximum absolute atomic E-state index is 12.2. The van der Waals surface area contributed by atoms with Gasteiger partial charge in [-0.3, -0.25) is 4.79 Å². The average molecular weight is 319 g/mol. The quantitative estimate of drug-likeness (QED) is 0.899. The molecule has 0 spiro atoms. The number of benzene rings is 1. The lowest BCUT2D eigenvalue weighted by Crippen LogP contribution is -2.55. The molecule has 1 aromatic carbocycles. The number of hydrogen-bond donors (Lipinski definition) is 2. The van der Waals surface area contributed by atoms with E-state index in [-0.39, 0.29) is 36.5 Å². The van der Waals surface area contributed by atoms with E-state index in [0.29, 0.717) is 18.2 Å². The van der Waals surface area contributed by atoms with Crippen LogP contribution >= 0.6 is 24.0 Å². The van der Waals surface area contributed by atoms with Gasteiger partial charge in [0.25, 0.3) is 0 Å². The zero-order valence-corrected chi connectivity index (χ0v) is 13.1. The van der Waals surface area contributed by atoms with Gasteiger partial charge in [0.05, 0.1) is 18.8 Å². The monoisotopic (exact) mass is 318 g/mol. The summed E-state index contributed by atoms with van der Waals surface area (Å²) in [6.45, 7) is 5.16. The molecular formula is C14H20Cl2N2O2. The lowest BCUT2D eigenvalue weighted by Gasteiger charge is -2.30. The Kier molecular flexibility index (Phi) is 6.76. The molecule has 0 aliphatic carbocycles. The normalized spacial score (nSPS) is 23.6. The van der Waals surface area contributed by atoms with E-state index in [0.717, 1.165) is 5.56 Å². The molecule has 1 fully saturated rings. The Morgan fingerprint density at radius 1 is 1.50 bits per heavy atom. The molecule has 0 radical (unpaired) electrons. The van der Waals surface area contributed by atoms with Crippen LogP contribution in [0, 0.1) is 0 Å². The van der Waals surface area contributed by atoms with Crippen molar-refractivity contribution in [1.82, 2.24) is 10.6 Å². The molecule has 1 unspecified atom stereocenters. The van der Waals surface area contributed by atoms with Crippen molar-refractivity contribution < 1.29 is 9.53 Å². The topological polar surface area (TPSA) is 50.4 Å². The van der Waals surface area contributed by atoms with Crippen LogP contribution in [-0.4, -0.2) is 31.2 Å². The third-order valence-corrected chi connectivity index (χ3v) is 3.67. The molecule has 1 aliphatic heterocycles. The first-order valence-electron chi connectivity index (χ1n) is 6.49. The molecule has 0 saturated carbocycles. The molecule has 1 heterocycles. The van der Waals surface area contributed by atoms with Gasteiger partial charge in [0.1, 0.15) is 6.04 Å². The van der Waals surface area contributed by atoms with Gasteiger partial charge in [-0.1, -0.05) is 29.8 Å². The SMILES string of the molecule is CC(NC(=O)[C@H]1NCCO[C@@H]1C)c1ccccc1Cl.Cl. The minimum Gasteiger partial charge on any atom is -0.375 e. The highest BCUT2D eigenvalue weighted by atomic mass is 35.5. The summed E-state index contributed by atoms with van der Waals surface area (Å²) in [6.07, 6.45) is -0.118. The number of carbonyl (C=O) groups excluding carboxylic acids is 1. The summed E-state index contributed by atoms with van der Waals surface area (Å²) in [4.78, 5) is 12.2. The van der Waals surface area contributed by atoms with Crippen molar-refractivity contribution in [1.29, 1.82) is 0 Å². The Balaban J connectivity index is 0.00000200. The highest BCUT2D eigenvalue weighted by molar-refractivity contribution is 6.31. The van der Waals surface area contributed by atoms with Crippen LogP contribution in [0.15, 0.2) is 24.3 Å². The maximum Gasteiger partial charge on any atom is 0.240 e. The summed E-state index contributed by atoms with van der Waals surface area (Å²) in [5.41, 5.74) is 0.918. The molecule has 0 aromatic heterocycles. The number of nitrogens with one attached hydrogen (secondary N) is 2. The Labute approximate surface area is 130 Å².